The standard InChI is InChI=1S/C9H18N2/c1-9(4-5-9)11-7-6-10-8-2-3-8/h8,10-11H,2-7H2,1H3. The molecule has 64 valence electrons. The molecule has 2 aliphatic carbocycles. The largest absolute Gasteiger partial charge is 0.313 e. The molecule has 0 aromatic rings. The van der Waals surface area contributed by atoms with Crippen molar-refractivity contribution in [3.8, 4) is 0 Å². The molecule has 0 unspecified atom stereocenters. The first-order chi connectivity index (χ1) is 5.29. The van der Waals surface area contributed by atoms with Crippen LogP contribution in [0.5, 0.6) is 0 Å². The Morgan fingerprint density at radius 1 is 1.27 bits per heavy atom. The predicted octanol–water partition coefficient (Wildman–Crippen LogP) is 0.880. The predicted molar refractivity (Wildman–Crippen MR) is 46.7 cm³/mol. The Morgan fingerprint density at radius 2 is 2.00 bits per heavy atom. The molecule has 2 aliphatic rings. The van der Waals surface area contributed by atoms with Crippen LogP contribution in [-0.2, 0) is 0 Å². The quantitative estimate of drug-likeness (QED) is 0.574. The SMILES string of the molecule is CC1(NCCNC2CC2)CC1. The highest BCUT2D eigenvalue weighted by Gasteiger charge is 2.36. The van der Waals surface area contributed by atoms with Crippen molar-refractivity contribution in [3.05, 3.63) is 0 Å². The zero-order valence-electron chi connectivity index (χ0n) is 7.32. The summed E-state index contributed by atoms with van der Waals surface area (Å²) < 4.78 is 0. The van der Waals surface area contributed by atoms with Crippen molar-refractivity contribution in [1.82, 2.24) is 10.6 Å². The highest BCUT2D eigenvalue weighted by molar-refractivity contribution is 4.97. The molecule has 11 heavy (non-hydrogen) atoms. The summed E-state index contributed by atoms with van der Waals surface area (Å²) in [5.41, 5.74) is 0.519. The summed E-state index contributed by atoms with van der Waals surface area (Å²) in [6.07, 6.45) is 5.54. The van der Waals surface area contributed by atoms with Gasteiger partial charge in [0.15, 0.2) is 0 Å². The van der Waals surface area contributed by atoms with Gasteiger partial charge in [-0.05, 0) is 32.6 Å². The molecule has 0 aromatic carbocycles. The molecule has 0 heterocycles. The van der Waals surface area contributed by atoms with E-state index in [2.05, 4.69) is 17.6 Å². The van der Waals surface area contributed by atoms with Crippen molar-refractivity contribution in [1.29, 1.82) is 0 Å². The lowest BCUT2D eigenvalue weighted by atomic mass is 10.3. The molecule has 0 aliphatic heterocycles. The average molecular weight is 154 g/mol. The van der Waals surface area contributed by atoms with E-state index >= 15 is 0 Å². The molecule has 0 radical (unpaired) electrons. The lowest BCUT2D eigenvalue weighted by molar-refractivity contribution is 0.517. The molecule has 0 amide bonds. The first kappa shape index (κ1) is 7.56. The molecule has 0 saturated heterocycles. The fraction of sp³-hybridized carbons (Fsp3) is 1.00. The normalized spacial score (nSPS) is 27.0. The maximum atomic E-state index is 3.55. The summed E-state index contributed by atoms with van der Waals surface area (Å²) in [7, 11) is 0. The topological polar surface area (TPSA) is 24.1 Å². The maximum Gasteiger partial charge on any atom is 0.0155 e. The van der Waals surface area contributed by atoms with Gasteiger partial charge in [0.1, 0.15) is 0 Å². The molecule has 0 spiro atoms. The van der Waals surface area contributed by atoms with Crippen LogP contribution in [0.4, 0.5) is 0 Å². The lowest BCUT2D eigenvalue weighted by Crippen LogP contribution is -2.35. The summed E-state index contributed by atoms with van der Waals surface area (Å²) in [6.45, 7) is 4.61. The molecule has 2 rings (SSSR count). The molecule has 2 saturated carbocycles. The average Bonchev–Trinajstić information content (AvgIpc) is 2.80. The molecular formula is C9H18N2. The lowest BCUT2D eigenvalue weighted by Gasteiger charge is -2.10. The third-order valence-electron chi connectivity index (χ3n) is 2.69. The van der Waals surface area contributed by atoms with Gasteiger partial charge in [0.05, 0.1) is 0 Å². The van der Waals surface area contributed by atoms with Gasteiger partial charge in [-0.15, -0.1) is 0 Å². The summed E-state index contributed by atoms with van der Waals surface area (Å²) in [5.74, 6) is 0. The third kappa shape index (κ3) is 2.46. The Labute approximate surface area is 68.7 Å². The first-order valence-electron chi connectivity index (χ1n) is 4.77. The minimum atomic E-state index is 0.519. The van der Waals surface area contributed by atoms with E-state index in [1.807, 2.05) is 0 Å². The summed E-state index contributed by atoms with van der Waals surface area (Å²) in [5, 5.41) is 7.05. The van der Waals surface area contributed by atoms with Crippen molar-refractivity contribution in [3.63, 3.8) is 0 Å². The van der Waals surface area contributed by atoms with E-state index in [9.17, 15) is 0 Å². The Bertz CT molecular complexity index is 136. The first-order valence-corrected chi connectivity index (χ1v) is 4.77. The number of rotatable bonds is 5. The molecule has 2 N–H and O–H groups in total. The second kappa shape index (κ2) is 2.76. The third-order valence-corrected chi connectivity index (χ3v) is 2.69. The molecule has 2 heteroatoms. The van der Waals surface area contributed by atoms with E-state index in [4.69, 9.17) is 0 Å². The van der Waals surface area contributed by atoms with Crippen molar-refractivity contribution in [2.24, 2.45) is 0 Å². The second-order valence-corrected chi connectivity index (χ2v) is 4.22. The van der Waals surface area contributed by atoms with Crippen LogP contribution in [0, 0.1) is 0 Å². The van der Waals surface area contributed by atoms with Crippen molar-refractivity contribution in [2.45, 2.75) is 44.2 Å². The molecule has 0 atom stereocenters. The van der Waals surface area contributed by atoms with Gasteiger partial charge in [-0.1, -0.05) is 0 Å². The summed E-state index contributed by atoms with van der Waals surface area (Å²) in [4.78, 5) is 0. The van der Waals surface area contributed by atoms with Gasteiger partial charge in [0, 0.05) is 24.7 Å². The minimum absolute atomic E-state index is 0.519. The smallest absolute Gasteiger partial charge is 0.0155 e. The van der Waals surface area contributed by atoms with Gasteiger partial charge < -0.3 is 10.6 Å². The minimum Gasteiger partial charge on any atom is -0.313 e. The Kier molecular flexibility index (Phi) is 1.90. The Balaban J connectivity index is 1.46. The van der Waals surface area contributed by atoms with E-state index < -0.39 is 0 Å². The Morgan fingerprint density at radius 3 is 2.55 bits per heavy atom. The number of hydrogen-bond donors (Lipinski definition) is 2. The van der Waals surface area contributed by atoms with E-state index in [1.54, 1.807) is 0 Å². The van der Waals surface area contributed by atoms with Gasteiger partial charge in [-0.25, -0.2) is 0 Å². The monoisotopic (exact) mass is 154 g/mol. The zero-order valence-corrected chi connectivity index (χ0v) is 7.32. The van der Waals surface area contributed by atoms with Crippen LogP contribution < -0.4 is 10.6 Å². The second-order valence-electron chi connectivity index (χ2n) is 4.22. The molecule has 0 aromatic heterocycles. The molecule has 2 nitrogen and oxygen atoms in total. The van der Waals surface area contributed by atoms with Crippen LogP contribution in [0.1, 0.15) is 32.6 Å². The fourth-order valence-electron chi connectivity index (χ4n) is 1.29. The van der Waals surface area contributed by atoms with E-state index in [-0.39, 0.29) is 0 Å². The summed E-state index contributed by atoms with van der Waals surface area (Å²) in [6, 6.07) is 0.865. The van der Waals surface area contributed by atoms with Crippen LogP contribution in [0.2, 0.25) is 0 Å². The van der Waals surface area contributed by atoms with E-state index in [0.717, 1.165) is 19.1 Å². The molecule has 0 bridgehead atoms. The maximum absolute atomic E-state index is 3.55. The van der Waals surface area contributed by atoms with Gasteiger partial charge in [0.2, 0.25) is 0 Å². The van der Waals surface area contributed by atoms with Gasteiger partial charge in [0.25, 0.3) is 0 Å². The van der Waals surface area contributed by atoms with Gasteiger partial charge in [-0.3, -0.25) is 0 Å². The number of hydrogen-bond acceptors (Lipinski definition) is 2. The van der Waals surface area contributed by atoms with Crippen molar-refractivity contribution >= 4 is 0 Å². The molecule has 2 fully saturated rings. The zero-order chi connectivity index (χ0) is 7.73. The van der Waals surface area contributed by atoms with Crippen molar-refractivity contribution in [2.75, 3.05) is 13.1 Å². The Hall–Kier alpha value is -0.0800. The highest BCUT2D eigenvalue weighted by atomic mass is 15.0. The van der Waals surface area contributed by atoms with Gasteiger partial charge >= 0.3 is 0 Å². The van der Waals surface area contributed by atoms with Crippen LogP contribution in [0.15, 0.2) is 0 Å². The highest BCUT2D eigenvalue weighted by Crippen LogP contribution is 2.33. The van der Waals surface area contributed by atoms with Crippen LogP contribution >= 0.6 is 0 Å². The fourth-order valence-corrected chi connectivity index (χ4v) is 1.29. The van der Waals surface area contributed by atoms with Crippen LogP contribution in [-0.4, -0.2) is 24.7 Å². The molecular weight excluding hydrogens is 136 g/mol. The van der Waals surface area contributed by atoms with E-state index in [1.165, 1.54) is 25.7 Å². The van der Waals surface area contributed by atoms with Crippen molar-refractivity contribution < 1.29 is 0 Å². The summed E-state index contributed by atoms with van der Waals surface area (Å²) >= 11 is 0. The number of nitrogens with one attached hydrogen (secondary N) is 2. The van der Waals surface area contributed by atoms with Crippen LogP contribution in [0.3, 0.4) is 0 Å². The van der Waals surface area contributed by atoms with E-state index in [0.29, 0.717) is 5.54 Å². The van der Waals surface area contributed by atoms with Gasteiger partial charge in [-0.2, -0.15) is 0 Å². The van der Waals surface area contributed by atoms with Crippen LogP contribution in [0.25, 0.3) is 0 Å².